The van der Waals surface area contributed by atoms with Gasteiger partial charge in [0.15, 0.2) is 5.82 Å². The Morgan fingerprint density at radius 3 is 2.53 bits per heavy atom. The fourth-order valence-electron chi connectivity index (χ4n) is 1.14. The quantitative estimate of drug-likeness (QED) is 0.746. The Morgan fingerprint density at radius 1 is 1.33 bits per heavy atom. The number of nitrogens with zero attached hydrogens (tertiary/aromatic N) is 2. The van der Waals surface area contributed by atoms with Crippen LogP contribution in [0.25, 0.3) is 11.4 Å². The predicted octanol–water partition coefficient (Wildman–Crippen LogP) is 3.09. The van der Waals surface area contributed by atoms with Crippen molar-refractivity contribution in [1.29, 1.82) is 0 Å². The topological polar surface area (TPSA) is 25.8 Å². The lowest BCUT2D eigenvalue weighted by molar-refractivity contribution is 1.04. The Hall–Kier alpha value is -0.865. The zero-order valence-electron chi connectivity index (χ0n) is 8.14. The highest BCUT2D eigenvalue weighted by molar-refractivity contribution is 7.05. The molecule has 1 aromatic carbocycles. The molecular weight excluding hydrogens is 226 g/mol. The van der Waals surface area contributed by atoms with E-state index in [1.165, 1.54) is 11.5 Å². The second kappa shape index (κ2) is 4.33. The van der Waals surface area contributed by atoms with Gasteiger partial charge in [0.2, 0.25) is 0 Å². The van der Waals surface area contributed by atoms with Crippen LogP contribution >= 0.6 is 23.1 Å². The van der Waals surface area contributed by atoms with Gasteiger partial charge < -0.3 is 0 Å². The SMILES string of the molecule is [B]C(C)c1nc(-c2ccc(Cl)cc2)ns1. The molecule has 0 N–H and O–H groups in total. The van der Waals surface area contributed by atoms with Gasteiger partial charge in [0.25, 0.3) is 0 Å². The largest absolute Gasteiger partial charge is 0.220 e. The van der Waals surface area contributed by atoms with E-state index in [2.05, 4.69) is 9.36 Å². The molecule has 0 aliphatic heterocycles. The van der Waals surface area contributed by atoms with Crippen LogP contribution in [0.15, 0.2) is 24.3 Å². The molecular formula is C10H8BClN2S. The third-order valence-corrected chi connectivity index (χ3v) is 3.10. The van der Waals surface area contributed by atoms with Crippen molar-refractivity contribution in [2.45, 2.75) is 12.7 Å². The van der Waals surface area contributed by atoms with Crippen molar-refractivity contribution >= 4 is 31.0 Å². The van der Waals surface area contributed by atoms with Crippen molar-refractivity contribution < 1.29 is 0 Å². The third-order valence-electron chi connectivity index (χ3n) is 1.93. The third kappa shape index (κ3) is 2.38. The van der Waals surface area contributed by atoms with Gasteiger partial charge >= 0.3 is 0 Å². The van der Waals surface area contributed by atoms with E-state index in [9.17, 15) is 0 Å². The Labute approximate surface area is 98.9 Å². The molecule has 2 nitrogen and oxygen atoms in total. The van der Waals surface area contributed by atoms with E-state index >= 15 is 0 Å². The summed E-state index contributed by atoms with van der Waals surface area (Å²) in [6.45, 7) is 1.89. The second-order valence-corrected chi connectivity index (χ2v) is 4.47. The second-order valence-electron chi connectivity index (χ2n) is 3.25. The first-order valence-corrected chi connectivity index (χ1v) is 5.67. The van der Waals surface area contributed by atoms with E-state index in [1.807, 2.05) is 31.2 Å². The maximum absolute atomic E-state index is 5.80. The fourth-order valence-corrected chi connectivity index (χ4v) is 1.88. The standard InChI is InChI=1S/C10H8BClN2S/c1-6(11)10-13-9(14-15-10)7-2-4-8(12)5-3-7/h2-6H,1H3. The van der Waals surface area contributed by atoms with E-state index in [-0.39, 0.29) is 5.82 Å². The highest BCUT2D eigenvalue weighted by Gasteiger charge is 2.08. The number of benzene rings is 1. The summed E-state index contributed by atoms with van der Waals surface area (Å²) in [5.41, 5.74) is 0.961. The molecule has 74 valence electrons. The Bertz CT molecular complexity index is 453. The first-order valence-electron chi connectivity index (χ1n) is 4.52. The molecule has 15 heavy (non-hydrogen) atoms. The van der Waals surface area contributed by atoms with Gasteiger partial charge in [-0.15, -0.1) is 0 Å². The summed E-state index contributed by atoms with van der Waals surface area (Å²) in [5.74, 6) is 0.646. The molecule has 0 saturated heterocycles. The van der Waals surface area contributed by atoms with Crippen LogP contribution in [-0.4, -0.2) is 17.2 Å². The molecule has 0 aliphatic carbocycles. The van der Waals surface area contributed by atoms with Crippen LogP contribution in [0.1, 0.15) is 17.7 Å². The molecule has 2 radical (unpaired) electrons. The van der Waals surface area contributed by atoms with Crippen LogP contribution in [0.4, 0.5) is 0 Å². The normalized spacial score (nSPS) is 12.7. The van der Waals surface area contributed by atoms with E-state index in [0.29, 0.717) is 10.8 Å². The smallest absolute Gasteiger partial charge is 0.173 e. The molecule has 1 atom stereocenters. The van der Waals surface area contributed by atoms with Gasteiger partial charge in [0.05, 0.1) is 7.85 Å². The van der Waals surface area contributed by atoms with Crippen LogP contribution < -0.4 is 0 Å². The number of rotatable bonds is 2. The van der Waals surface area contributed by atoms with E-state index < -0.39 is 0 Å². The van der Waals surface area contributed by atoms with Crippen molar-refractivity contribution in [3.63, 3.8) is 0 Å². The van der Waals surface area contributed by atoms with Crippen LogP contribution in [0.2, 0.25) is 5.02 Å². The first-order chi connectivity index (χ1) is 7.16. The maximum Gasteiger partial charge on any atom is 0.173 e. The molecule has 0 amide bonds. The first kappa shape index (κ1) is 10.6. The van der Waals surface area contributed by atoms with E-state index in [1.54, 1.807) is 0 Å². The summed E-state index contributed by atoms with van der Waals surface area (Å²) in [7, 11) is 5.72. The van der Waals surface area contributed by atoms with Crippen molar-refractivity contribution in [2.24, 2.45) is 0 Å². The van der Waals surface area contributed by atoms with E-state index in [0.717, 1.165) is 10.6 Å². The highest BCUT2D eigenvalue weighted by Crippen LogP contribution is 2.22. The van der Waals surface area contributed by atoms with Gasteiger partial charge in [-0.1, -0.05) is 18.5 Å². The van der Waals surface area contributed by atoms with Crippen LogP contribution in [-0.2, 0) is 0 Å². The van der Waals surface area contributed by atoms with E-state index in [4.69, 9.17) is 19.4 Å². The summed E-state index contributed by atoms with van der Waals surface area (Å²) in [6, 6.07) is 7.44. The molecule has 0 aliphatic rings. The van der Waals surface area contributed by atoms with Crippen molar-refractivity contribution in [3.05, 3.63) is 34.3 Å². The molecule has 2 rings (SSSR count). The number of hydrogen-bond donors (Lipinski definition) is 0. The molecule has 1 heterocycles. The Morgan fingerprint density at radius 2 is 2.00 bits per heavy atom. The minimum atomic E-state index is -0.0662. The maximum atomic E-state index is 5.80. The lowest BCUT2D eigenvalue weighted by Gasteiger charge is -1.96. The molecule has 2 aromatic rings. The lowest BCUT2D eigenvalue weighted by atomic mass is 9.91. The van der Waals surface area contributed by atoms with Crippen LogP contribution in [0.3, 0.4) is 0 Å². The fraction of sp³-hybridized carbons (Fsp3) is 0.200. The van der Waals surface area contributed by atoms with Crippen molar-refractivity contribution in [1.82, 2.24) is 9.36 Å². The van der Waals surface area contributed by atoms with Gasteiger partial charge in [-0.25, -0.2) is 4.98 Å². The molecule has 0 bridgehead atoms. The van der Waals surface area contributed by atoms with Gasteiger partial charge in [-0.2, -0.15) is 4.37 Å². The molecule has 1 unspecified atom stereocenters. The highest BCUT2D eigenvalue weighted by atomic mass is 35.5. The van der Waals surface area contributed by atoms with Crippen LogP contribution in [0.5, 0.6) is 0 Å². The molecule has 5 heteroatoms. The number of hydrogen-bond acceptors (Lipinski definition) is 3. The minimum Gasteiger partial charge on any atom is -0.220 e. The van der Waals surface area contributed by atoms with Gasteiger partial charge in [0, 0.05) is 10.6 Å². The zero-order chi connectivity index (χ0) is 10.8. The molecule has 0 fully saturated rings. The van der Waals surface area contributed by atoms with Gasteiger partial charge in [0.1, 0.15) is 5.01 Å². The summed E-state index contributed by atoms with van der Waals surface area (Å²) in [5, 5.41) is 1.56. The van der Waals surface area contributed by atoms with Crippen LogP contribution in [0, 0.1) is 0 Å². The Kier molecular flexibility index (Phi) is 3.07. The Balaban J connectivity index is 2.33. The number of aromatic nitrogens is 2. The lowest BCUT2D eigenvalue weighted by Crippen LogP contribution is -1.90. The summed E-state index contributed by atoms with van der Waals surface area (Å²) in [4.78, 5) is 4.35. The molecule has 0 saturated carbocycles. The number of halogens is 1. The van der Waals surface area contributed by atoms with Crippen molar-refractivity contribution in [2.75, 3.05) is 0 Å². The summed E-state index contributed by atoms with van der Waals surface area (Å²) < 4.78 is 4.24. The van der Waals surface area contributed by atoms with Gasteiger partial charge in [-0.3, -0.25) is 0 Å². The minimum absolute atomic E-state index is 0.0662. The van der Waals surface area contributed by atoms with Crippen molar-refractivity contribution in [3.8, 4) is 11.4 Å². The average molecular weight is 235 g/mol. The average Bonchev–Trinajstić information content (AvgIpc) is 2.68. The van der Waals surface area contributed by atoms with Gasteiger partial charge in [-0.05, 0) is 41.6 Å². The molecule has 0 spiro atoms. The predicted molar refractivity (Wildman–Crippen MR) is 64.5 cm³/mol. The summed E-state index contributed by atoms with van der Waals surface area (Å²) >= 11 is 7.13. The molecule has 1 aromatic heterocycles. The zero-order valence-corrected chi connectivity index (χ0v) is 9.72. The monoisotopic (exact) mass is 234 g/mol. The summed E-state index contributed by atoms with van der Waals surface area (Å²) in [6.07, 6.45) is 0.